The van der Waals surface area contributed by atoms with Gasteiger partial charge in [-0.15, -0.1) is 0 Å². The molecule has 0 radical (unpaired) electrons. The Labute approximate surface area is 737 Å². The summed E-state index contributed by atoms with van der Waals surface area (Å²) in [6.45, 7) is 5.13. The van der Waals surface area contributed by atoms with Crippen molar-refractivity contribution in [2.75, 3.05) is 45.8 Å². The molecular weight excluding hydrogens is 1740 g/mol. The van der Waals surface area contributed by atoms with E-state index in [0.717, 1.165) is 72.8 Å². The highest BCUT2D eigenvalue weighted by atomic mass is 35.5. The van der Waals surface area contributed by atoms with Gasteiger partial charge in [0.15, 0.2) is 23.9 Å². The van der Waals surface area contributed by atoms with E-state index in [1.807, 2.05) is 13.8 Å². The van der Waals surface area contributed by atoms with Gasteiger partial charge in [0.1, 0.15) is 107 Å². The number of aliphatic hydroxyl groups excluding tert-OH is 6. The van der Waals surface area contributed by atoms with Crippen LogP contribution in [0, 0.1) is 11.7 Å². The third-order valence-electron chi connectivity index (χ3n) is 21.7. The molecule has 680 valence electrons. The van der Waals surface area contributed by atoms with Crippen molar-refractivity contribution in [1.29, 1.82) is 0 Å². The normalized spacial score (nSPS) is 25.7. The zero-order valence-electron chi connectivity index (χ0n) is 68.5. The number of fused-ring (bicyclic) bond motifs is 15. The molecule has 2 saturated heterocycles. The standard InChI is InChI=1S/C83H93Cl3FN13O27/c1-34(2)21-48(89-5)74(112)97-65-67(107)38-9-13-52(45(85)25-38)123-54-27-40-28-55(71(54)127-81-72(70(110)69(109)56(33-101)125-81)126-60-32-83(4,73(111)35(3)122-60)90-16-18-100-17-15-58(93-82(100)119)92-59(106)23-36-7-11-44(84)47(87)22-36)124-53-14-10-39(26-46(53)86)68(108)66-79(117)96-64(80(118)99-121-20-19-120-6)43-29-41(102)30-51(104)61(43)42-24-37(8-12-50(42)103)62(76(114)98-66)95-77(115)63(40)94-75(113)49(31-57(88)105)91-78(65)116/h7-15,17,22,24-30,34-35,48-49,56,60,62-70,72-73,81,89-90,101-104,107-111H,16,18-21,23,31-33H2,1-6H3,(H2,88,105)(H,91,116)(H,94,113)(H,95,115)(H,96,117)(H,97,112)(H,98,114)(H,99,118)(H,92,93,106,119)/t35-,48+,49-,56+,60-,62+,63+,64+,65+,66-,67+,68+,69+,70-,72+,73+,81-,83-/m0/s1. The molecule has 14 rings (SSSR count). The number of benzene rings is 6. The van der Waals surface area contributed by atoms with Crippen molar-refractivity contribution in [1.82, 2.24) is 57.6 Å². The summed E-state index contributed by atoms with van der Waals surface area (Å²) in [5, 5.41) is 129. The molecule has 44 heteroatoms. The largest absolute Gasteiger partial charge is 0.508 e. The summed E-state index contributed by atoms with van der Waals surface area (Å²) >= 11 is 20.2. The van der Waals surface area contributed by atoms with Crippen molar-refractivity contribution in [3.05, 3.63) is 174 Å². The van der Waals surface area contributed by atoms with E-state index in [4.69, 9.17) is 78.5 Å². The van der Waals surface area contributed by atoms with Gasteiger partial charge in [-0.1, -0.05) is 72.9 Å². The molecule has 0 saturated carbocycles. The molecule has 11 bridgehead atoms. The van der Waals surface area contributed by atoms with Crippen LogP contribution in [0.15, 0.2) is 114 Å². The lowest BCUT2D eigenvalue weighted by Gasteiger charge is -2.48. The number of methoxy groups -OCH3 is 1. The number of primary amides is 1. The number of likely N-dealkylation sites (N-methyl/N-ethyl adjacent to an activating group) is 1. The molecule has 7 aliphatic rings. The Balaban J connectivity index is 0.997. The van der Waals surface area contributed by atoms with Gasteiger partial charge in [0, 0.05) is 55.5 Å². The topological polar surface area (TPSA) is 591 Å². The Kier molecular flexibility index (Phi) is 30.3. The number of carbonyl (C=O) groups excluding carboxylic acids is 9. The summed E-state index contributed by atoms with van der Waals surface area (Å²) in [6.07, 6.45) is -18.6. The van der Waals surface area contributed by atoms with Crippen LogP contribution in [-0.4, -0.2) is 228 Å². The molecule has 0 spiro atoms. The number of hydroxylamine groups is 1. The number of amides is 9. The van der Waals surface area contributed by atoms with E-state index in [0.29, 0.717) is 5.56 Å². The van der Waals surface area contributed by atoms with Gasteiger partial charge in [-0.2, -0.15) is 4.98 Å². The second-order valence-corrected chi connectivity index (χ2v) is 32.5. The van der Waals surface area contributed by atoms with Crippen molar-refractivity contribution in [3.8, 4) is 57.1 Å². The molecule has 0 aliphatic carbocycles. The fraction of sp³-hybridized carbons (Fsp3) is 0.410. The monoisotopic (exact) mass is 1830 g/mol. The lowest BCUT2D eigenvalue weighted by Crippen LogP contribution is -2.65. The Morgan fingerprint density at radius 1 is 0.724 bits per heavy atom. The van der Waals surface area contributed by atoms with Crippen molar-refractivity contribution < 1.29 is 131 Å². The summed E-state index contributed by atoms with van der Waals surface area (Å²) in [4.78, 5) is 156. The van der Waals surface area contributed by atoms with E-state index in [-0.39, 0.29) is 84.8 Å². The average molecular weight is 1830 g/mol. The maximum Gasteiger partial charge on any atom is 0.349 e. The number of nitrogens with zero attached hydrogens (tertiary/aromatic N) is 2. The molecule has 7 aliphatic heterocycles. The van der Waals surface area contributed by atoms with E-state index in [1.165, 1.54) is 62.2 Å². The maximum absolute atomic E-state index is 16.3. The van der Waals surface area contributed by atoms with Crippen LogP contribution in [-0.2, 0) is 79.9 Å². The molecule has 9 amide bonds. The van der Waals surface area contributed by atoms with E-state index in [1.54, 1.807) is 6.92 Å². The minimum absolute atomic E-state index is 0.0652. The number of carbonyl (C=O) groups is 9. The van der Waals surface area contributed by atoms with Gasteiger partial charge in [-0.05, 0) is 139 Å². The van der Waals surface area contributed by atoms with Crippen LogP contribution in [0.2, 0.25) is 15.1 Å². The van der Waals surface area contributed by atoms with E-state index in [2.05, 4.69) is 58.3 Å². The molecule has 6 aromatic carbocycles. The van der Waals surface area contributed by atoms with Crippen LogP contribution in [0.3, 0.4) is 0 Å². The van der Waals surface area contributed by atoms with E-state index >= 15 is 24.0 Å². The second-order valence-electron chi connectivity index (χ2n) is 31.3. The summed E-state index contributed by atoms with van der Waals surface area (Å²) in [5.41, 5.74) is 3.25. The minimum atomic E-state index is -2.40. The predicted molar refractivity (Wildman–Crippen MR) is 444 cm³/mol. The van der Waals surface area contributed by atoms with Crippen LogP contribution in [0.25, 0.3) is 11.1 Å². The first-order valence-corrected chi connectivity index (χ1v) is 40.9. The highest BCUT2D eigenvalue weighted by Gasteiger charge is 2.52. The number of anilines is 1. The van der Waals surface area contributed by atoms with Crippen LogP contribution in [0.1, 0.15) is 111 Å². The van der Waals surface area contributed by atoms with Crippen molar-refractivity contribution in [2.24, 2.45) is 11.7 Å². The molecule has 8 heterocycles. The zero-order chi connectivity index (χ0) is 91.9. The fourth-order valence-corrected chi connectivity index (χ4v) is 15.7. The molecule has 18 atom stereocenters. The van der Waals surface area contributed by atoms with Gasteiger partial charge >= 0.3 is 5.69 Å². The number of phenolic OH excluding ortho intramolecular Hbond substituents is 3. The number of aromatic nitrogens is 2. The van der Waals surface area contributed by atoms with Crippen molar-refractivity contribution in [2.45, 2.75) is 169 Å². The van der Waals surface area contributed by atoms with Gasteiger partial charge in [-0.25, -0.2) is 14.7 Å². The number of ether oxygens (including phenoxy) is 7. The number of nitrogens with two attached hydrogens (primary N) is 1. The summed E-state index contributed by atoms with van der Waals surface area (Å²) in [5.74, 6) is -17.2. The smallest absolute Gasteiger partial charge is 0.349 e. The van der Waals surface area contributed by atoms with Crippen molar-refractivity contribution >= 4 is 93.8 Å². The van der Waals surface area contributed by atoms with Gasteiger partial charge in [0.25, 0.3) is 5.91 Å². The summed E-state index contributed by atoms with van der Waals surface area (Å²) in [7, 11) is 2.79. The van der Waals surface area contributed by atoms with Crippen LogP contribution in [0.4, 0.5) is 10.2 Å². The van der Waals surface area contributed by atoms with Crippen LogP contribution >= 0.6 is 34.8 Å². The number of rotatable bonds is 24. The van der Waals surface area contributed by atoms with Gasteiger partial charge in [0.2, 0.25) is 59.3 Å². The number of hydrogen-bond donors (Lipinski definition) is 20. The molecular formula is C83H93Cl3FN13O27. The lowest BCUT2D eigenvalue weighted by molar-refractivity contribution is -0.334. The molecule has 127 heavy (non-hydrogen) atoms. The highest BCUT2D eigenvalue weighted by molar-refractivity contribution is 6.32. The average Bonchev–Trinajstić information content (AvgIpc) is 0.766. The SMILES string of the molecule is CN[C@H](CC(C)C)C(=O)N[C@H]1C(=O)N[C@@H](CC(N)=O)C(=O)N[C@H]2C(=O)N[C@H]3C(=O)N[C@H](C(=O)N[C@@H](C(=O)NOCCOC)c4cc(O)cc(O)c4-c4cc3ccc4O)[C@H](O)c3ccc(c(Cl)c3)Oc3cc2cc(c3O[C@@H]2O[C@H](CO)[C@@H](O)[C@H](O)[C@H]2O[C@H]2C[C@](C)(NCCn3ccc(NC(=O)Cc4ccc(Cl)c(F)c4)nc3=O)[C@H](O)[C@H](C)O2)Oc2ccc(cc2Cl)[C@H]1O. The summed E-state index contributed by atoms with van der Waals surface area (Å²) in [6, 6.07) is 4.52. The van der Waals surface area contributed by atoms with Gasteiger partial charge < -0.3 is 133 Å². The minimum Gasteiger partial charge on any atom is -0.508 e. The van der Waals surface area contributed by atoms with E-state index in [9.17, 15) is 74.3 Å². The maximum atomic E-state index is 16.3. The summed E-state index contributed by atoms with van der Waals surface area (Å²) < 4.78 is 59.8. The Bertz CT molecular complexity index is 5410. The fourth-order valence-electron chi connectivity index (χ4n) is 15.1. The first-order chi connectivity index (χ1) is 60.3. The number of nitrogens with one attached hydrogen (secondary N) is 10. The van der Waals surface area contributed by atoms with Crippen molar-refractivity contribution in [3.63, 3.8) is 0 Å². The zero-order valence-corrected chi connectivity index (χ0v) is 70.8. The Morgan fingerprint density at radius 3 is 2.02 bits per heavy atom. The Hall–Kier alpha value is -11.5. The first-order valence-electron chi connectivity index (χ1n) is 39.8. The number of phenols is 3. The molecule has 21 N–H and O–H groups in total. The quantitative estimate of drug-likeness (QED) is 0.0302. The number of aliphatic hydroxyl groups is 6. The lowest BCUT2D eigenvalue weighted by atomic mass is 9.85. The first kappa shape index (κ1) is 94.6. The predicted octanol–water partition coefficient (Wildman–Crippen LogP) is 1.58. The van der Waals surface area contributed by atoms with Crippen LogP contribution in [0.5, 0.6) is 46.0 Å². The Morgan fingerprint density at radius 2 is 1.39 bits per heavy atom. The number of aromatic hydroxyl groups is 3. The molecule has 2 fully saturated rings. The van der Waals surface area contributed by atoms with Gasteiger partial charge in [0.05, 0.1) is 66.0 Å². The van der Waals surface area contributed by atoms with Gasteiger partial charge in [-0.3, -0.25) is 52.6 Å². The molecule has 40 nitrogen and oxygen atoms in total. The highest BCUT2D eigenvalue weighted by Crippen LogP contribution is 2.50. The van der Waals surface area contributed by atoms with Crippen LogP contribution < -0.4 is 79.0 Å². The molecule has 0 unspecified atom stereocenters. The third kappa shape index (κ3) is 21.9. The second kappa shape index (κ2) is 40.7. The third-order valence-corrected chi connectivity index (χ3v) is 22.6. The molecule has 7 aromatic rings. The number of halogens is 4. The van der Waals surface area contributed by atoms with E-state index < -0.39 is 259 Å². The number of hydrogen-bond acceptors (Lipinski definition) is 30. The molecule has 1 aromatic heterocycles.